The summed E-state index contributed by atoms with van der Waals surface area (Å²) in [5.74, 6) is -0.0364. The molecule has 0 aliphatic heterocycles. The Morgan fingerprint density at radius 2 is 2.15 bits per heavy atom. The minimum absolute atomic E-state index is 0.0564. The van der Waals surface area contributed by atoms with Gasteiger partial charge >= 0.3 is 0 Å². The fraction of sp³-hybridized carbons (Fsp3) is 0.300. The third-order valence-corrected chi connectivity index (χ3v) is 2.31. The lowest BCUT2D eigenvalue weighted by atomic mass is 10.0. The molecule has 66 valence electrons. The summed E-state index contributed by atoms with van der Waals surface area (Å²) in [5.41, 5.74) is 6.75. The maximum atomic E-state index is 13.0. The molecule has 0 aromatic heterocycles. The number of rotatable bonds is 1. The van der Waals surface area contributed by atoms with Gasteiger partial charge in [0.05, 0.1) is 17.3 Å². The van der Waals surface area contributed by atoms with E-state index in [4.69, 9.17) is 11.0 Å². The van der Waals surface area contributed by atoms with Crippen molar-refractivity contribution in [2.75, 3.05) is 5.73 Å². The first-order valence-electron chi connectivity index (χ1n) is 4.21. The summed E-state index contributed by atoms with van der Waals surface area (Å²) in [6.07, 6.45) is 2.11. The van der Waals surface area contributed by atoms with E-state index in [2.05, 4.69) is 0 Å². The van der Waals surface area contributed by atoms with Crippen molar-refractivity contribution >= 4 is 5.69 Å². The molecule has 0 radical (unpaired) electrons. The first kappa shape index (κ1) is 8.06. The molecule has 1 aromatic rings. The maximum absolute atomic E-state index is 13.0. The highest BCUT2D eigenvalue weighted by Crippen LogP contribution is 2.42. The number of anilines is 1. The summed E-state index contributed by atoms with van der Waals surface area (Å²) in [7, 11) is 0. The van der Waals surface area contributed by atoms with E-state index in [1.54, 1.807) is 0 Å². The van der Waals surface area contributed by atoms with Crippen molar-refractivity contribution in [2.24, 2.45) is 0 Å². The van der Waals surface area contributed by atoms with Gasteiger partial charge in [0, 0.05) is 0 Å². The summed E-state index contributed by atoms with van der Waals surface area (Å²) in [6, 6.07) is 4.85. The molecule has 2 rings (SSSR count). The fourth-order valence-electron chi connectivity index (χ4n) is 1.43. The van der Waals surface area contributed by atoms with E-state index in [0.29, 0.717) is 11.5 Å². The van der Waals surface area contributed by atoms with Gasteiger partial charge in [-0.1, -0.05) is 0 Å². The number of nitrogens with two attached hydrogens (primary N) is 1. The summed E-state index contributed by atoms with van der Waals surface area (Å²) >= 11 is 0. The number of nitriles is 1. The second kappa shape index (κ2) is 2.74. The Bertz CT molecular complexity index is 389. The molecule has 0 spiro atoms. The molecular formula is C10H9FN2. The summed E-state index contributed by atoms with van der Waals surface area (Å²) in [6.45, 7) is 0. The number of hydrogen-bond acceptors (Lipinski definition) is 2. The van der Waals surface area contributed by atoms with E-state index in [9.17, 15) is 4.39 Å². The molecule has 0 bridgehead atoms. The Labute approximate surface area is 75.8 Å². The summed E-state index contributed by atoms with van der Waals surface area (Å²) in [5, 5.41) is 8.78. The Balaban J connectivity index is 2.54. The molecule has 2 N–H and O–H groups in total. The Kier molecular flexibility index (Phi) is 1.70. The second-order valence-corrected chi connectivity index (χ2v) is 3.35. The molecule has 0 heterocycles. The first-order valence-corrected chi connectivity index (χ1v) is 4.21. The number of nitrogens with zero attached hydrogens (tertiary/aromatic N) is 1. The maximum Gasteiger partial charge on any atom is 0.146 e. The van der Waals surface area contributed by atoms with Gasteiger partial charge in [-0.3, -0.25) is 0 Å². The van der Waals surface area contributed by atoms with Gasteiger partial charge in [-0.25, -0.2) is 4.39 Å². The van der Waals surface area contributed by atoms with Crippen LogP contribution in [-0.2, 0) is 0 Å². The van der Waals surface area contributed by atoms with Gasteiger partial charge in [-0.2, -0.15) is 5.26 Å². The highest BCUT2D eigenvalue weighted by atomic mass is 19.1. The number of benzene rings is 1. The lowest BCUT2D eigenvalue weighted by Crippen LogP contribution is -1.95. The number of nitrogen functional groups attached to an aromatic ring is 1. The van der Waals surface area contributed by atoms with Crippen LogP contribution in [0.3, 0.4) is 0 Å². The van der Waals surface area contributed by atoms with Crippen LogP contribution in [0.4, 0.5) is 10.1 Å². The van der Waals surface area contributed by atoms with Crippen molar-refractivity contribution < 1.29 is 4.39 Å². The zero-order chi connectivity index (χ0) is 9.42. The van der Waals surface area contributed by atoms with Crippen LogP contribution in [-0.4, -0.2) is 0 Å². The molecule has 0 unspecified atom stereocenters. The molecule has 1 aliphatic rings. The first-order chi connectivity index (χ1) is 6.22. The quantitative estimate of drug-likeness (QED) is 0.666. The van der Waals surface area contributed by atoms with Gasteiger partial charge in [0.2, 0.25) is 0 Å². The zero-order valence-corrected chi connectivity index (χ0v) is 7.05. The van der Waals surface area contributed by atoms with Gasteiger partial charge < -0.3 is 5.73 Å². The van der Waals surface area contributed by atoms with Crippen molar-refractivity contribution in [1.29, 1.82) is 5.26 Å². The largest absolute Gasteiger partial charge is 0.396 e. The van der Waals surface area contributed by atoms with Crippen LogP contribution in [0, 0.1) is 17.1 Å². The van der Waals surface area contributed by atoms with Crippen LogP contribution in [0.15, 0.2) is 12.1 Å². The molecule has 0 atom stereocenters. The normalized spacial score (nSPS) is 15.4. The molecule has 3 heteroatoms. The van der Waals surface area contributed by atoms with Crippen molar-refractivity contribution in [3.63, 3.8) is 0 Å². The number of halogens is 1. The minimum Gasteiger partial charge on any atom is -0.396 e. The van der Waals surface area contributed by atoms with Crippen molar-refractivity contribution in [1.82, 2.24) is 0 Å². The Morgan fingerprint density at radius 3 is 2.69 bits per heavy atom. The van der Waals surface area contributed by atoms with E-state index in [1.165, 1.54) is 12.1 Å². The van der Waals surface area contributed by atoms with E-state index in [-0.39, 0.29) is 5.69 Å². The summed E-state index contributed by atoms with van der Waals surface area (Å²) < 4.78 is 13.0. The third-order valence-electron chi connectivity index (χ3n) is 2.31. The van der Waals surface area contributed by atoms with E-state index in [1.807, 2.05) is 6.07 Å². The van der Waals surface area contributed by atoms with Gasteiger partial charge in [-0.05, 0) is 36.5 Å². The average Bonchev–Trinajstić information content (AvgIpc) is 2.92. The smallest absolute Gasteiger partial charge is 0.146 e. The van der Waals surface area contributed by atoms with Crippen molar-refractivity contribution in [3.8, 4) is 6.07 Å². The van der Waals surface area contributed by atoms with Crippen LogP contribution in [0.2, 0.25) is 0 Å². The molecule has 1 aromatic carbocycles. The zero-order valence-electron chi connectivity index (χ0n) is 7.05. The monoisotopic (exact) mass is 176 g/mol. The van der Waals surface area contributed by atoms with Crippen LogP contribution >= 0.6 is 0 Å². The standard InChI is InChI=1S/C10H9FN2/c11-9-4-8(6-1-2-6)7(5-12)3-10(9)13/h3-4,6H,1-2,13H2. The van der Waals surface area contributed by atoms with Gasteiger partial charge in [0.25, 0.3) is 0 Å². The third kappa shape index (κ3) is 1.35. The van der Waals surface area contributed by atoms with Crippen LogP contribution in [0.25, 0.3) is 0 Å². The lowest BCUT2D eigenvalue weighted by Gasteiger charge is -2.03. The van der Waals surface area contributed by atoms with Crippen LogP contribution in [0.5, 0.6) is 0 Å². The fourth-order valence-corrected chi connectivity index (χ4v) is 1.43. The predicted octanol–water partition coefficient (Wildman–Crippen LogP) is 2.16. The Morgan fingerprint density at radius 1 is 1.46 bits per heavy atom. The van der Waals surface area contributed by atoms with Crippen LogP contribution < -0.4 is 5.73 Å². The van der Waals surface area contributed by atoms with E-state index >= 15 is 0 Å². The topological polar surface area (TPSA) is 49.8 Å². The molecule has 1 fully saturated rings. The van der Waals surface area contributed by atoms with Gasteiger partial charge in [0.15, 0.2) is 0 Å². The molecule has 13 heavy (non-hydrogen) atoms. The van der Waals surface area contributed by atoms with Gasteiger partial charge in [0.1, 0.15) is 5.82 Å². The molecule has 2 nitrogen and oxygen atoms in total. The Hall–Kier alpha value is -1.56. The van der Waals surface area contributed by atoms with E-state index < -0.39 is 5.82 Å². The number of hydrogen-bond donors (Lipinski definition) is 1. The molecule has 0 amide bonds. The second-order valence-electron chi connectivity index (χ2n) is 3.35. The molecule has 0 saturated heterocycles. The van der Waals surface area contributed by atoms with E-state index in [0.717, 1.165) is 18.4 Å². The highest BCUT2D eigenvalue weighted by molar-refractivity contribution is 5.52. The lowest BCUT2D eigenvalue weighted by molar-refractivity contribution is 0.630. The molecule has 1 saturated carbocycles. The van der Waals surface area contributed by atoms with Gasteiger partial charge in [-0.15, -0.1) is 0 Å². The summed E-state index contributed by atoms with van der Waals surface area (Å²) in [4.78, 5) is 0. The predicted molar refractivity (Wildman–Crippen MR) is 47.5 cm³/mol. The highest BCUT2D eigenvalue weighted by Gasteiger charge is 2.27. The molecular weight excluding hydrogens is 167 g/mol. The molecule has 1 aliphatic carbocycles. The van der Waals surface area contributed by atoms with Crippen molar-refractivity contribution in [2.45, 2.75) is 18.8 Å². The van der Waals surface area contributed by atoms with Crippen LogP contribution in [0.1, 0.15) is 29.9 Å². The minimum atomic E-state index is -0.416. The average molecular weight is 176 g/mol. The SMILES string of the molecule is N#Cc1cc(N)c(F)cc1C1CC1. The van der Waals surface area contributed by atoms with Crippen molar-refractivity contribution in [3.05, 3.63) is 29.1 Å².